The summed E-state index contributed by atoms with van der Waals surface area (Å²) in [5, 5.41) is 3.03. The van der Waals surface area contributed by atoms with Crippen molar-refractivity contribution in [2.45, 2.75) is 80.4 Å². The summed E-state index contributed by atoms with van der Waals surface area (Å²) in [6, 6.07) is 3.70. The van der Waals surface area contributed by atoms with Crippen LogP contribution in [0, 0.1) is 10.8 Å². The summed E-state index contributed by atoms with van der Waals surface area (Å²) in [6.45, 7) is 15.2. The molecule has 0 aliphatic heterocycles. The van der Waals surface area contributed by atoms with Crippen molar-refractivity contribution in [1.82, 2.24) is 5.32 Å². The number of carbonyl (C=O) groups is 4. The zero-order valence-corrected chi connectivity index (χ0v) is 24.5. The van der Waals surface area contributed by atoms with Crippen molar-refractivity contribution in [2.75, 3.05) is 26.9 Å². The Labute approximate surface area is 230 Å². The van der Waals surface area contributed by atoms with Gasteiger partial charge in [0.2, 0.25) is 0 Å². The predicted octanol–water partition coefficient (Wildman–Crippen LogP) is 4.83. The van der Waals surface area contributed by atoms with E-state index in [2.05, 4.69) is 5.32 Å². The maximum absolute atomic E-state index is 12.4. The summed E-state index contributed by atoms with van der Waals surface area (Å²) < 4.78 is 31.1. The van der Waals surface area contributed by atoms with Crippen LogP contribution >= 0.6 is 0 Å². The first-order chi connectivity index (χ1) is 18.0. The minimum atomic E-state index is -0.982. The van der Waals surface area contributed by atoms with E-state index < -0.39 is 30.4 Å². The second-order valence-electron chi connectivity index (χ2n) is 11.5. The summed E-state index contributed by atoms with van der Waals surface area (Å²) in [5.74, 6) is -1.04. The molecule has 220 valence electrons. The monoisotopic (exact) mass is 553 g/mol. The Hall–Kier alpha value is -3.34. The lowest BCUT2D eigenvalue weighted by atomic mass is 9.99. The van der Waals surface area contributed by atoms with Gasteiger partial charge < -0.3 is 33.7 Å². The lowest BCUT2D eigenvalue weighted by Crippen LogP contribution is -2.43. The fraction of sp³-hybridized carbons (Fsp3) is 0.643. The van der Waals surface area contributed by atoms with E-state index in [1.807, 2.05) is 41.5 Å². The molecule has 0 saturated heterocycles. The quantitative estimate of drug-likeness (QED) is 0.217. The SMILES string of the molecule is CCC(=O)OC(C)CN[C@@H](Cc1ccc(OC(=O)OCC(C)(C)C)c(OC(=O)OCC(C)(C)C)c1)C(=O)OC. The largest absolute Gasteiger partial charge is 0.513 e. The molecule has 0 aromatic heterocycles. The lowest BCUT2D eigenvalue weighted by molar-refractivity contribution is -0.147. The van der Waals surface area contributed by atoms with Crippen molar-refractivity contribution < 1.29 is 47.6 Å². The molecule has 0 fully saturated rings. The van der Waals surface area contributed by atoms with Crippen LogP contribution in [0.2, 0.25) is 0 Å². The van der Waals surface area contributed by atoms with E-state index in [9.17, 15) is 19.2 Å². The molecule has 11 heteroatoms. The van der Waals surface area contributed by atoms with Crippen LogP contribution in [-0.4, -0.2) is 63.3 Å². The van der Waals surface area contributed by atoms with Gasteiger partial charge in [0.25, 0.3) is 0 Å². The molecular formula is C28H43NO10. The molecule has 0 aliphatic carbocycles. The van der Waals surface area contributed by atoms with Gasteiger partial charge in [0.1, 0.15) is 12.1 Å². The third kappa shape index (κ3) is 14.4. The number of carbonyl (C=O) groups excluding carboxylic acids is 4. The van der Waals surface area contributed by atoms with Crippen LogP contribution < -0.4 is 14.8 Å². The first kappa shape index (κ1) is 33.7. The number of methoxy groups -OCH3 is 1. The van der Waals surface area contributed by atoms with Crippen molar-refractivity contribution in [3.05, 3.63) is 23.8 Å². The van der Waals surface area contributed by atoms with Gasteiger partial charge in [0.15, 0.2) is 11.5 Å². The highest BCUT2D eigenvalue weighted by Crippen LogP contribution is 2.30. The van der Waals surface area contributed by atoms with Gasteiger partial charge in [-0.15, -0.1) is 0 Å². The standard InChI is InChI=1S/C28H43NO10/c1-10-23(30)37-18(2)15-29-20(24(31)34-9)13-19-11-12-21(38-25(32)35-16-27(3,4)5)22(14-19)39-26(33)36-17-28(6,7)8/h11-12,14,18,20,29H,10,13,15-17H2,1-9H3/t18?,20-/m0/s1. The average molecular weight is 554 g/mol. The molecule has 0 amide bonds. The average Bonchev–Trinajstić information content (AvgIpc) is 2.84. The number of benzene rings is 1. The number of hydrogen-bond acceptors (Lipinski definition) is 11. The Balaban J connectivity index is 3.12. The molecule has 1 unspecified atom stereocenters. The normalized spacial score (nSPS) is 13.1. The highest BCUT2D eigenvalue weighted by atomic mass is 16.7. The van der Waals surface area contributed by atoms with E-state index in [4.69, 9.17) is 28.4 Å². The third-order valence-corrected chi connectivity index (χ3v) is 4.84. The number of nitrogens with one attached hydrogen (secondary N) is 1. The fourth-order valence-electron chi connectivity index (χ4n) is 2.91. The van der Waals surface area contributed by atoms with Gasteiger partial charge in [-0.05, 0) is 41.9 Å². The predicted molar refractivity (Wildman–Crippen MR) is 143 cm³/mol. The van der Waals surface area contributed by atoms with Crippen molar-refractivity contribution in [3.63, 3.8) is 0 Å². The molecule has 1 rings (SSSR count). The smallest absolute Gasteiger partial charge is 0.468 e. The van der Waals surface area contributed by atoms with Crippen molar-refractivity contribution in [3.8, 4) is 11.5 Å². The van der Waals surface area contributed by atoms with Crippen molar-refractivity contribution in [2.24, 2.45) is 10.8 Å². The van der Waals surface area contributed by atoms with Crippen LogP contribution in [0.1, 0.15) is 67.4 Å². The molecule has 0 radical (unpaired) electrons. The van der Waals surface area contributed by atoms with Crippen LogP contribution in [0.25, 0.3) is 0 Å². The highest BCUT2D eigenvalue weighted by Gasteiger charge is 2.24. The molecule has 0 aliphatic rings. The summed E-state index contributed by atoms with van der Waals surface area (Å²) in [5.41, 5.74) is -0.00894. The molecule has 11 nitrogen and oxygen atoms in total. The molecule has 0 spiro atoms. The van der Waals surface area contributed by atoms with Crippen LogP contribution in [0.5, 0.6) is 11.5 Å². The second-order valence-corrected chi connectivity index (χ2v) is 11.5. The molecule has 0 bridgehead atoms. The number of ether oxygens (including phenoxy) is 6. The highest BCUT2D eigenvalue weighted by molar-refractivity contribution is 5.76. The summed E-state index contributed by atoms with van der Waals surface area (Å²) >= 11 is 0. The van der Waals surface area contributed by atoms with Gasteiger partial charge in [-0.25, -0.2) is 9.59 Å². The minimum Gasteiger partial charge on any atom is -0.468 e. The Kier molecular flexibility index (Phi) is 13.2. The first-order valence-electron chi connectivity index (χ1n) is 12.9. The summed E-state index contributed by atoms with van der Waals surface area (Å²) in [7, 11) is 1.26. The van der Waals surface area contributed by atoms with E-state index in [0.717, 1.165) is 0 Å². The first-order valence-corrected chi connectivity index (χ1v) is 12.9. The third-order valence-electron chi connectivity index (χ3n) is 4.84. The van der Waals surface area contributed by atoms with E-state index in [1.54, 1.807) is 19.9 Å². The number of esters is 2. The Morgan fingerprint density at radius 3 is 1.90 bits per heavy atom. The van der Waals surface area contributed by atoms with Gasteiger partial charge in [-0.2, -0.15) is 0 Å². The molecule has 39 heavy (non-hydrogen) atoms. The summed E-state index contributed by atoms with van der Waals surface area (Å²) in [6.07, 6.45) is -2.05. The van der Waals surface area contributed by atoms with E-state index >= 15 is 0 Å². The number of hydrogen-bond donors (Lipinski definition) is 1. The molecule has 0 heterocycles. The molecule has 2 atom stereocenters. The van der Waals surface area contributed by atoms with Gasteiger partial charge in [-0.1, -0.05) is 54.5 Å². The van der Waals surface area contributed by atoms with Crippen molar-refractivity contribution in [1.29, 1.82) is 0 Å². The zero-order chi connectivity index (χ0) is 29.8. The second kappa shape index (κ2) is 15.3. The van der Waals surface area contributed by atoms with E-state index in [0.29, 0.717) is 5.56 Å². The number of rotatable bonds is 12. The van der Waals surface area contributed by atoms with Crippen LogP contribution in [0.4, 0.5) is 9.59 Å². The molecule has 1 aromatic carbocycles. The van der Waals surface area contributed by atoms with Gasteiger partial charge in [0.05, 0.1) is 20.3 Å². The maximum Gasteiger partial charge on any atom is 0.513 e. The van der Waals surface area contributed by atoms with Crippen LogP contribution in [0.3, 0.4) is 0 Å². The van der Waals surface area contributed by atoms with Crippen LogP contribution in [-0.2, 0) is 35.0 Å². The minimum absolute atomic E-state index is 0.0620. The van der Waals surface area contributed by atoms with Crippen molar-refractivity contribution >= 4 is 24.2 Å². The fourth-order valence-corrected chi connectivity index (χ4v) is 2.91. The Morgan fingerprint density at radius 2 is 1.41 bits per heavy atom. The maximum atomic E-state index is 12.4. The zero-order valence-electron chi connectivity index (χ0n) is 24.5. The molecule has 1 aromatic rings. The van der Waals surface area contributed by atoms with Crippen LogP contribution in [0.15, 0.2) is 18.2 Å². The Morgan fingerprint density at radius 1 is 0.872 bits per heavy atom. The van der Waals surface area contributed by atoms with Gasteiger partial charge in [-0.3, -0.25) is 9.59 Å². The van der Waals surface area contributed by atoms with Gasteiger partial charge in [0, 0.05) is 13.0 Å². The molecule has 1 N–H and O–H groups in total. The topological polar surface area (TPSA) is 136 Å². The van der Waals surface area contributed by atoms with Gasteiger partial charge >= 0.3 is 24.2 Å². The molecule has 0 saturated carbocycles. The summed E-state index contributed by atoms with van der Waals surface area (Å²) in [4.78, 5) is 48.6. The molecular weight excluding hydrogens is 510 g/mol. The van der Waals surface area contributed by atoms with E-state index in [-0.39, 0.29) is 60.9 Å². The van der Waals surface area contributed by atoms with E-state index in [1.165, 1.54) is 19.2 Å². The Bertz CT molecular complexity index is 978. The lowest BCUT2D eigenvalue weighted by Gasteiger charge is -2.21.